The lowest BCUT2D eigenvalue weighted by atomic mass is 9.85. The monoisotopic (exact) mass is 1080 g/mol. The summed E-state index contributed by atoms with van der Waals surface area (Å²) in [6, 6.07) is 1.96. The van der Waals surface area contributed by atoms with Crippen LogP contribution in [0.4, 0.5) is 0 Å². The number of hydrogen-bond acceptors (Lipinski definition) is 12. The van der Waals surface area contributed by atoms with E-state index < -0.39 is 65.8 Å². The molecule has 1 spiro atoms. The van der Waals surface area contributed by atoms with Gasteiger partial charge in [0.05, 0.1) is 25.0 Å². The first kappa shape index (κ1) is 66.1. The average molecular weight is 1080 g/mol. The first-order chi connectivity index (χ1) is 34.0. The molecular weight excluding hydrogens is 977 g/mol. The van der Waals surface area contributed by atoms with Crippen molar-refractivity contribution in [2.75, 3.05) is 26.8 Å². The zero-order chi connectivity index (χ0) is 55.2. The fourth-order valence-corrected chi connectivity index (χ4v) is 16.9. The Morgan fingerprint density at radius 1 is 0.740 bits per heavy atom. The molecule has 0 bridgehead atoms. The fourth-order valence-electron chi connectivity index (χ4n) is 9.78. The van der Waals surface area contributed by atoms with E-state index in [1.165, 1.54) is 12.2 Å². The van der Waals surface area contributed by atoms with Crippen molar-refractivity contribution in [1.29, 1.82) is 0 Å². The smallest absolute Gasteiger partial charge is 0.333 e. The van der Waals surface area contributed by atoms with Gasteiger partial charge in [0.2, 0.25) is 8.32 Å². The maximum atomic E-state index is 13.3. The van der Waals surface area contributed by atoms with Gasteiger partial charge in [-0.15, -0.1) is 0 Å². The van der Waals surface area contributed by atoms with E-state index in [0.29, 0.717) is 67.5 Å². The van der Waals surface area contributed by atoms with Gasteiger partial charge in [0.1, 0.15) is 11.7 Å². The molecule has 0 aromatic heterocycles. The van der Waals surface area contributed by atoms with Crippen molar-refractivity contribution in [3.63, 3.8) is 0 Å². The summed E-state index contributed by atoms with van der Waals surface area (Å²) in [5, 5.41) is 9.36. The van der Waals surface area contributed by atoms with Gasteiger partial charge in [-0.2, -0.15) is 0 Å². The molecule has 2 saturated heterocycles. The van der Waals surface area contributed by atoms with Crippen molar-refractivity contribution in [3.8, 4) is 0 Å². The average Bonchev–Trinajstić information content (AvgIpc) is 3.65. The number of carboxylic acids is 1. The topological polar surface area (TPSA) is 162 Å². The van der Waals surface area contributed by atoms with Gasteiger partial charge >= 0.3 is 23.9 Å². The number of carbonyl (C=O) groups is 4. The van der Waals surface area contributed by atoms with Gasteiger partial charge in [0.15, 0.2) is 19.4 Å². The molecule has 0 saturated carbocycles. The number of rotatable bonds is 33. The maximum Gasteiger partial charge on any atom is 0.333 e. The summed E-state index contributed by atoms with van der Waals surface area (Å²) in [5.74, 6) is -3.50. The Balaban J connectivity index is 2.39. The molecule has 0 amide bonds. The van der Waals surface area contributed by atoms with Crippen LogP contribution >= 0.6 is 0 Å². The summed E-state index contributed by atoms with van der Waals surface area (Å²) in [6.45, 7) is 38.4. The predicted octanol–water partition coefficient (Wildman–Crippen LogP) is 13.9. The Kier molecular flexibility index (Phi) is 28.4. The Labute approximate surface area is 444 Å². The molecule has 16 heteroatoms. The van der Waals surface area contributed by atoms with E-state index in [1.807, 2.05) is 6.08 Å². The van der Waals surface area contributed by atoms with Crippen LogP contribution in [-0.2, 0) is 56.8 Å². The van der Waals surface area contributed by atoms with E-state index >= 15 is 0 Å². The summed E-state index contributed by atoms with van der Waals surface area (Å²) in [4.78, 5) is 50.2. The number of unbranched alkanes of at least 4 members (excludes halogenated alkanes) is 1. The van der Waals surface area contributed by atoms with Crippen LogP contribution in [0, 0.1) is 11.8 Å². The van der Waals surface area contributed by atoms with Crippen LogP contribution < -0.4 is 0 Å². The van der Waals surface area contributed by atoms with Crippen LogP contribution in [-0.4, -0.2) is 110 Å². The van der Waals surface area contributed by atoms with Crippen LogP contribution in [0.1, 0.15) is 140 Å². The highest BCUT2D eigenvalue weighted by molar-refractivity contribution is 6.78. The van der Waals surface area contributed by atoms with Gasteiger partial charge in [-0.1, -0.05) is 150 Å². The molecule has 2 rings (SSSR count). The Morgan fingerprint density at radius 2 is 1.32 bits per heavy atom. The number of esters is 3. The molecule has 13 nitrogen and oxygen atoms in total. The van der Waals surface area contributed by atoms with Gasteiger partial charge in [-0.3, -0.25) is 9.59 Å². The SMILES string of the molecule is CCCC[C@]1([C@H](/C=C/C(C)=C/C(=O)OCOCC[Si](C)(C)C)OC(=O)CCC(=O)O)CC[C@]2(CC[C@H](C)[C@@H](C/C=C(C)/C=C/[C@@H](O[Si](C(C)C)(C(C)C)C(C)C)[C@@H](C)/C=C/C(=O)OCOCC[Si](C)(C)C)O2)O1. The minimum atomic E-state index is -2.33. The largest absolute Gasteiger partial charge is 0.481 e. The first-order valence-electron chi connectivity index (χ1n) is 27.3. The van der Waals surface area contributed by atoms with E-state index in [9.17, 15) is 24.3 Å². The molecule has 0 unspecified atom stereocenters. The lowest BCUT2D eigenvalue weighted by molar-refractivity contribution is -0.308. The van der Waals surface area contributed by atoms with Gasteiger partial charge in [-0.25, -0.2) is 9.59 Å². The normalized spacial score (nSPS) is 22.8. The Bertz CT molecular complexity index is 1850. The Morgan fingerprint density at radius 3 is 1.86 bits per heavy atom. The van der Waals surface area contributed by atoms with Gasteiger partial charge in [-0.05, 0) is 85.8 Å². The summed E-state index contributed by atoms with van der Waals surface area (Å²) >= 11 is 0. The highest BCUT2D eigenvalue weighted by atomic mass is 28.4. The summed E-state index contributed by atoms with van der Waals surface area (Å²) in [6.07, 6.45) is 18.4. The number of ether oxygens (including phenoxy) is 7. The highest BCUT2D eigenvalue weighted by Crippen LogP contribution is 2.51. The van der Waals surface area contributed by atoms with Crippen molar-refractivity contribution in [3.05, 3.63) is 59.8 Å². The van der Waals surface area contributed by atoms with Gasteiger partial charge < -0.3 is 42.7 Å². The zero-order valence-electron chi connectivity index (χ0n) is 48.4. The third kappa shape index (κ3) is 23.9. The molecule has 73 heavy (non-hydrogen) atoms. The highest BCUT2D eigenvalue weighted by Gasteiger charge is 2.56. The number of hydrogen-bond donors (Lipinski definition) is 1. The second-order valence-electron chi connectivity index (χ2n) is 24.2. The van der Waals surface area contributed by atoms with E-state index in [0.717, 1.165) is 36.9 Å². The van der Waals surface area contributed by atoms with Crippen LogP contribution in [0.2, 0.25) is 68.0 Å². The standard InChI is InChI=1S/C57H100O13Si3/c1-18-19-31-56(51(67-54(61)29-27-52(58)59)26-22-46(9)39-55(62)66-41-64-36-38-72(15,16)17)33-34-57(70-56)32-30-48(11)49(68-57)24-20-45(8)21-25-50(69-73(42(2)3,43(4)5)44(6)7)47(10)23-28-53(60)65-40-63-35-37-71(12,13)14/h20-23,25-26,28,39,42-44,47-51H,18-19,24,27,29-38,40-41H2,1-17H3,(H,58,59)/b25-21+,26-22+,28-23+,45-20+,46-39+/t47-,48-,49+,50+,51-,56+,57-/m0/s1. The van der Waals surface area contributed by atoms with E-state index in [4.69, 9.17) is 37.6 Å². The maximum absolute atomic E-state index is 13.3. The molecular formula is C57H100O13Si3. The number of carboxylic acid groups (broad SMARTS) is 1. The summed E-state index contributed by atoms with van der Waals surface area (Å²) in [7, 11) is -4.86. The van der Waals surface area contributed by atoms with E-state index in [2.05, 4.69) is 127 Å². The van der Waals surface area contributed by atoms with Crippen LogP contribution in [0.3, 0.4) is 0 Å². The number of carbonyl (C=O) groups excluding carboxylic acids is 3. The molecule has 0 aromatic carbocycles. The molecule has 1 N–H and O–H groups in total. The zero-order valence-corrected chi connectivity index (χ0v) is 51.4. The predicted molar refractivity (Wildman–Crippen MR) is 300 cm³/mol. The molecule has 418 valence electrons. The molecule has 2 aliphatic heterocycles. The fraction of sp³-hybridized carbons (Fsp3) is 0.754. The van der Waals surface area contributed by atoms with Crippen molar-refractivity contribution < 1.29 is 61.9 Å². The first-order valence-corrected chi connectivity index (χ1v) is 36.9. The molecule has 2 heterocycles. The van der Waals surface area contributed by atoms with Crippen LogP contribution in [0.5, 0.6) is 0 Å². The van der Waals surface area contributed by atoms with Crippen molar-refractivity contribution in [1.82, 2.24) is 0 Å². The van der Waals surface area contributed by atoms with E-state index in [1.54, 1.807) is 19.1 Å². The number of aliphatic carboxylic acids is 1. The van der Waals surface area contributed by atoms with Crippen molar-refractivity contribution in [2.24, 2.45) is 11.8 Å². The van der Waals surface area contributed by atoms with Crippen molar-refractivity contribution in [2.45, 2.75) is 238 Å². The molecule has 2 fully saturated rings. The van der Waals surface area contributed by atoms with Crippen molar-refractivity contribution >= 4 is 48.3 Å². The number of allylic oxidation sites excluding steroid dienone is 4. The van der Waals surface area contributed by atoms with Gasteiger partial charge in [0, 0.05) is 60.3 Å². The van der Waals surface area contributed by atoms with Crippen LogP contribution in [0.25, 0.3) is 0 Å². The molecule has 0 radical (unpaired) electrons. The second kappa shape index (κ2) is 31.3. The van der Waals surface area contributed by atoms with Gasteiger partial charge in [0.25, 0.3) is 0 Å². The minimum Gasteiger partial charge on any atom is -0.481 e. The quantitative estimate of drug-likeness (QED) is 0.0126. The third-order valence-electron chi connectivity index (χ3n) is 14.3. The second-order valence-corrected chi connectivity index (χ2v) is 40.8. The summed E-state index contributed by atoms with van der Waals surface area (Å²) < 4.78 is 49.5. The molecule has 0 aromatic rings. The molecule has 7 atom stereocenters. The Hall–Kier alpha value is -2.97. The summed E-state index contributed by atoms with van der Waals surface area (Å²) in [5.41, 5.74) is 1.79. The molecule has 2 aliphatic rings. The lowest BCUT2D eigenvalue weighted by Gasteiger charge is -2.45. The molecule has 0 aliphatic carbocycles. The minimum absolute atomic E-state index is 0.0654. The van der Waals surface area contributed by atoms with Crippen LogP contribution in [0.15, 0.2) is 59.8 Å². The lowest BCUT2D eigenvalue weighted by Crippen LogP contribution is -2.50. The van der Waals surface area contributed by atoms with E-state index in [-0.39, 0.29) is 50.5 Å². The third-order valence-corrected chi connectivity index (χ3v) is 23.8.